The van der Waals surface area contributed by atoms with Gasteiger partial charge in [0.15, 0.2) is 23.0 Å². The van der Waals surface area contributed by atoms with E-state index in [9.17, 15) is 27.1 Å². The van der Waals surface area contributed by atoms with Crippen molar-refractivity contribution in [1.29, 1.82) is 0 Å². The maximum atomic E-state index is 14.5. The quantitative estimate of drug-likeness (QED) is 0.614. The molecule has 2 saturated heterocycles. The van der Waals surface area contributed by atoms with Crippen molar-refractivity contribution in [2.45, 2.75) is 24.7 Å². The number of nitrogens with zero attached hydrogens (tertiary/aromatic N) is 5. The van der Waals surface area contributed by atoms with Crippen LogP contribution in [-0.2, 0) is 13.2 Å². The van der Waals surface area contributed by atoms with E-state index in [2.05, 4.69) is 20.4 Å². The predicted molar refractivity (Wildman–Crippen MR) is 95.9 cm³/mol. The molecule has 158 valence electrons. The van der Waals surface area contributed by atoms with Crippen LogP contribution in [0.1, 0.15) is 12.0 Å². The van der Waals surface area contributed by atoms with Gasteiger partial charge in [-0.25, -0.2) is 18.4 Å². The van der Waals surface area contributed by atoms with E-state index in [1.165, 1.54) is 17.9 Å². The number of aryl methyl sites for hydroxylation is 1. The van der Waals surface area contributed by atoms with Crippen LogP contribution in [0.25, 0.3) is 22.3 Å². The van der Waals surface area contributed by atoms with Crippen molar-refractivity contribution in [2.24, 2.45) is 7.05 Å². The number of nitrogens with one attached hydrogen (secondary N) is 1. The van der Waals surface area contributed by atoms with Crippen LogP contribution in [0.2, 0.25) is 0 Å². The third kappa shape index (κ3) is 2.70. The molecule has 5 rings (SSSR count). The number of rotatable bonds is 2. The number of phenolic OH excluding ortho intramolecular Hbond substituents is 1. The van der Waals surface area contributed by atoms with Crippen LogP contribution < -0.4 is 10.2 Å². The molecular formula is C18H15F5N6O. The Kier molecular flexibility index (Phi) is 3.95. The highest BCUT2D eigenvalue weighted by molar-refractivity contribution is 5.91. The summed E-state index contributed by atoms with van der Waals surface area (Å²) in [6.45, 7) is 1.54. The number of fused-ring (bicyclic) bond motifs is 3. The fourth-order valence-corrected chi connectivity index (χ4v) is 4.17. The number of piperazine rings is 1. The number of alkyl halides is 3. The standard InChI is InChI=1S/C18H15F5N6O/c1-28-16-10(5-25-17(26-16)29-6-7-2-8(29)4-24-7)14(27-28)9-3-11(18(21,22)23)13(20)15(30)12(9)19/h3,5,7-8,24,30H,2,4,6H2,1H3. The average molecular weight is 426 g/mol. The molecule has 0 saturated carbocycles. The number of phenols is 1. The fourth-order valence-electron chi connectivity index (χ4n) is 4.17. The van der Waals surface area contributed by atoms with E-state index >= 15 is 0 Å². The smallest absolute Gasteiger partial charge is 0.419 e. The lowest BCUT2D eigenvalue weighted by molar-refractivity contribution is -0.140. The molecule has 4 heterocycles. The van der Waals surface area contributed by atoms with Crippen molar-refractivity contribution in [2.75, 3.05) is 18.0 Å². The third-order valence-corrected chi connectivity index (χ3v) is 5.62. The summed E-state index contributed by atoms with van der Waals surface area (Å²) in [4.78, 5) is 10.8. The van der Waals surface area contributed by atoms with Crippen molar-refractivity contribution in [3.63, 3.8) is 0 Å². The van der Waals surface area contributed by atoms with E-state index in [1.807, 2.05) is 4.90 Å². The van der Waals surface area contributed by atoms with Crippen LogP contribution in [0.3, 0.4) is 0 Å². The fraction of sp³-hybridized carbons (Fsp3) is 0.389. The number of aromatic nitrogens is 4. The minimum absolute atomic E-state index is 0.182. The van der Waals surface area contributed by atoms with Gasteiger partial charge in [-0.15, -0.1) is 0 Å². The van der Waals surface area contributed by atoms with Crippen molar-refractivity contribution < 1.29 is 27.1 Å². The van der Waals surface area contributed by atoms with Crippen LogP contribution in [0.15, 0.2) is 12.3 Å². The molecule has 0 aliphatic carbocycles. The lowest BCUT2D eigenvalue weighted by atomic mass is 10.0. The van der Waals surface area contributed by atoms with Crippen molar-refractivity contribution >= 4 is 17.0 Å². The summed E-state index contributed by atoms with van der Waals surface area (Å²) >= 11 is 0. The number of halogens is 5. The third-order valence-electron chi connectivity index (χ3n) is 5.62. The van der Waals surface area contributed by atoms with Gasteiger partial charge in [-0.3, -0.25) is 0 Å². The van der Waals surface area contributed by atoms with Gasteiger partial charge in [0.25, 0.3) is 0 Å². The Morgan fingerprint density at radius 3 is 2.63 bits per heavy atom. The summed E-state index contributed by atoms with van der Waals surface area (Å²) < 4.78 is 69.0. The maximum absolute atomic E-state index is 14.5. The number of anilines is 1. The van der Waals surface area contributed by atoms with E-state index in [-0.39, 0.29) is 22.8 Å². The Morgan fingerprint density at radius 2 is 2.00 bits per heavy atom. The molecule has 1 aromatic carbocycles. The molecule has 0 spiro atoms. The maximum Gasteiger partial charge on any atom is 0.419 e. The number of benzene rings is 1. The molecule has 2 atom stereocenters. The van der Waals surface area contributed by atoms with Crippen LogP contribution >= 0.6 is 0 Å². The van der Waals surface area contributed by atoms with Gasteiger partial charge in [0.05, 0.1) is 10.9 Å². The SMILES string of the molecule is Cn1nc(-c2cc(C(F)(F)F)c(F)c(O)c2F)c2cnc(N3CC4CC3CN4)nc21. The van der Waals surface area contributed by atoms with Crippen molar-refractivity contribution in [3.05, 3.63) is 29.5 Å². The number of hydrogen-bond acceptors (Lipinski definition) is 6. The summed E-state index contributed by atoms with van der Waals surface area (Å²) in [7, 11) is 1.51. The summed E-state index contributed by atoms with van der Waals surface area (Å²) in [5.41, 5.74) is -2.41. The molecule has 2 aromatic heterocycles. The van der Waals surface area contributed by atoms with Crippen LogP contribution in [-0.4, -0.2) is 50.0 Å². The number of hydrogen-bond donors (Lipinski definition) is 2. The molecule has 2 aliphatic heterocycles. The monoisotopic (exact) mass is 426 g/mol. The number of aromatic hydroxyl groups is 1. The molecule has 30 heavy (non-hydrogen) atoms. The van der Waals surface area contributed by atoms with Crippen LogP contribution in [0.5, 0.6) is 5.75 Å². The molecule has 2 N–H and O–H groups in total. The van der Waals surface area contributed by atoms with Gasteiger partial charge in [-0.1, -0.05) is 0 Å². The second-order valence-electron chi connectivity index (χ2n) is 7.47. The van der Waals surface area contributed by atoms with Gasteiger partial charge >= 0.3 is 6.18 Å². The lowest BCUT2D eigenvalue weighted by Gasteiger charge is -2.27. The first-order valence-electron chi connectivity index (χ1n) is 9.13. The molecule has 7 nitrogen and oxygen atoms in total. The van der Waals surface area contributed by atoms with Gasteiger partial charge in [0.2, 0.25) is 5.95 Å². The highest BCUT2D eigenvalue weighted by Crippen LogP contribution is 2.41. The Morgan fingerprint density at radius 1 is 1.23 bits per heavy atom. The van der Waals surface area contributed by atoms with E-state index in [0.717, 1.165) is 19.5 Å². The summed E-state index contributed by atoms with van der Waals surface area (Å²) in [6, 6.07) is 0.903. The van der Waals surface area contributed by atoms with Gasteiger partial charge < -0.3 is 15.3 Å². The molecule has 12 heteroatoms. The Bertz CT molecular complexity index is 1180. The summed E-state index contributed by atoms with van der Waals surface area (Å²) in [6.07, 6.45) is -2.80. The molecular weight excluding hydrogens is 411 g/mol. The molecule has 3 aromatic rings. The zero-order valence-electron chi connectivity index (χ0n) is 15.5. The molecule has 0 radical (unpaired) electrons. The molecule has 2 unspecified atom stereocenters. The minimum Gasteiger partial charge on any atom is -0.503 e. The first-order valence-corrected chi connectivity index (χ1v) is 9.13. The largest absolute Gasteiger partial charge is 0.503 e. The van der Waals surface area contributed by atoms with Crippen LogP contribution in [0.4, 0.5) is 27.9 Å². The first-order chi connectivity index (χ1) is 14.1. The molecule has 2 fully saturated rings. The molecule has 2 aliphatic rings. The zero-order chi connectivity index (χ0) is 21.4. The normalized spacial score (nSPS) is 21.2. The van der Waals surface area contributed by atoms with Gasteiger partial charge in [-0.05, 0) is 12.5 Å². The van der Waals surface area contributed by atoms with Crippen LogP contribution in [0, 0.1) is 11.6 Å². The van der Waals surface area contributed by atoms with E-state index in [0.29, 0.717) is 18.1 Å². The topological polar surface area (TPSA) is 79.1 Å². The average Bonchev–Trinajstić information content (AvgIpc) is 3.40. The second kappa shape index (κ2) is 6.24. The van der Waals surface area contributed by atoms with Crippen molar-refractivity contribution in [1.82, 2.24) is 25.1 Å². The Labute approximate surface area is 166 Å². The zero-order valence-corrected chi connectivity index (χ0v) is 15.5. The van der Waals surface area contributed by atoms with Gasteiger partial charge in [-0.2, -0.15) is 23.3 Å². The molecule has 2 bridgehead atoms. The predicted octanol–water partition coefficient (Wildman–Crippen LogP) is 2.58. The van der Waals surface area contributed by atoms with E-state index < -0.39 is 34.7 Å². The van der Waals surface area contributed by atoms with Gasteiger partial charge in [0, 0.05) is 44.0 Å². The second-order valence-corrected chi connectivity index (χ2v) is 7.47. The Hall–Kier alpha value is -3.02. The lowest BCUT2D eigenvalue weighted by Crippen LogP contribution is -2.44. The molecule has 0 amide bonds. The first kappa shape index (κ1) is 19.0. The Balaban J connectivity index is 1.65. The highest BCUT2D eigenvalue weighted by atomic mass is 19.4. The summed E-state index contributed by atoms with van der Waals surface area (Å²) in [5, 5.41) is 17.2. The van der Waals surface area contributed by atoms with E-state index in [1.54, 1.807) is 0 Å². The summed E-state index contributed by atoms with van der Waals surface area (Å²) in [5.74, 6) is -4.87. The minimum atomic E-state index is -5.12. The van der Waals surface area contributed by atoms with Gasteiger partial charge in [0.1, 0.15) is 5.69 Å². The highest BCUT2D eigenvalue weighted by Gasteiger charge is 2.40. The van der Waals surface area contributed by atoms with Crippen molar-refractivity contribution in [3.8, 4) is 17.0 Å². The van der Waals surface area contributed by atoms with E-state index in [4.69, 9.17) is 0 Å².